The van der Waals surface area contributed by atoms with Crippen molar-refractivity contribution in [2.45, 2.75) is 6.92 Å². The lowest BCUT2D eigenvalue weighted by molar-refractivity contribution is 1.45. The monoisotopic (exact) mass is 138 g/mol. The molecule has 1 aromatic rings. The first-order valence-corrected chi connectivity index (χ1v) is 3.32. The topological polar surface area (TPSA) is 12.4 Å². The summed E-state index contributed by atoms with van der Waals surface area (Å²) in [6.07, 6.45) is 0. The lowest BCUT2D eigenvalue weighted by atomic mass is 10.2. The zero-order valence-corrected chi connectivity index (χ0v) is 6.49. The van der Waals surface area contributed by atoms with Crippen molar-refractivity contribution in [2.75, 3.05) is 0 Å². The molecular formula is C7H9NP+. The fourth-order valence-electron chi connectivity index (χ4n) is 0.631. The van der Waals surface area contributed by atoms with Gasteiger partial charge >= 0.3 is 0 Å². The van der Waals surface area contributed by atoms with Crippen molar-refractivity contribution < 1.29 is 0 Å². The van der Waals surface area contributed by atoms with Crippen molar-refractivity contribution in [1.29, 1.82) is 0 Å². The third-order valence-corrected chi connectivity index (χ3v) is 1.48. The molecule has 0 heterocycles. The molecule has 0 saturated carbocycles. The van der Waals surface area contributed by atoms with Crippen LogP contribution in [0.3, 0.4) is 0 Å². The molecule has 0 amide bonds. The van der Waals surface area contributed by atoms with Crippen molar-refractivity contribution in [1.82, 2.24) is 0 Å². The molecule has 0 aromatic heterocycles. The summed E-state index contributed by atoms with van der Waals surface area (Å²) in [7, 11) is 2.33. The summed E-state index contributed by atoms with van der Waals surface area (Å²) in [5.74, 6) is 0. The average molecular weight is 138 g/mol. The minimum absolute atomic E-state index is 1.01. The number of hydrogen-bond donors (Lipinski definition) is 0. The molecule has 0 radical (unpaired) electrons. The van der Waals surface area contributed by atoms with E-state index >= 15 is 0 Å². The van der Waals surface area contributed by atoms with Gasteiger partial charge in [-0.05, 0) is 19.1 Å². The van der Waals surface area contributed by atoms with Crippen LogP contribution in [0.15, 0.2) is 29.0 Å². The van der Waals surface area contributed by atoms with Crippen LogP contribution in [0.5, 0.6) is 0 Å². The van der Waals surface area contributed by atoms with Gasteiger partial charge in [0.15, 0.2) is 9.03 Å². The summed E-state index contributed by atoms with van der Waals surface area (Å²) in [4.78, 5) is 0. The summed E-state index contributed by atoms with van der Waals surface area (Å²) >= 11 is 0. The Kier molecular flexibility index (Phi) is 1.96. The zero-order chi connectivity index (χ0) is 6.69. The molecule has 0 aliphatic carbocycles. The number of benzene rings is 1. The summed E-state index contributed by atoms with van der Waals surface area (Å²) in [6, 6.07) is 8.07. The summed E-state index contributed by atoms with van der Waals surface area (Å²) < 4.78 is 3.93. The third kappa shape index (κ3) is 1.62. The van der Waals surface area contributed by atoms with Gasteiger partial charge in [0.05, 0.1) is 0 Å². The predicted molar refractivity (Wildman–Crippen MR) is 43.0 cm³/mol. The fourth-order valence-corrected chi connectivity index (χ4v) is 0.803. The number of aryl methyl sites for hydroxylation is 1. The SMILES string of the molecule is Cc1ccc(N=[PH2+])cc1. The molecule has 0 aliphatic rings. The number of hydrogen-bond acceptors (Lipinski definition) is 1. The normalized spacial score (nSPS) is 9.00. The number of rotatable bonds is 1. The van der Waals surface area contributed by atoms with Gasteiger partial charge < -0.3 is 0 Å². The van der Waals surface area contributed by atoms with E-state index in [1.165, 1.54) is 5.56 Å². The molecule has 0 spiro atoms. The van der Waals surface area contributed by atoms with E-state index in [4.69, 9.17) is 0 Å². The second-order valence-electron chi connectivity index (χ2n) is 1.96. The third-order valence-electron chi connectivity index (χ3n) is 1.18. The van der Waals surface area contributed by atoms with Crippen molar-refractivity contribution in [2.24, 2.45) is 4.74 Å². The lowest BCUT2D eigenvalue weighted by Crippen LogP contribution is -1.65. The van der Waals surface area contributed by atoms with Gasteiger partial charge in [-0.25, -0.2) is 0 Å². The smallest absolute Gasteiger partial charge is 0.0784 e. The van der Waals surface area contributed by atoms with Crippen LogP contribution in [0.4, 0.5) is 5.69 Å². The molecule has 0 saturated heterocycles. The van der Waals surface area contributed by atoms with E-state index < -0.39 is 0 Å². The molecule has 1 rings (SSSR count). The first-order chi connectivity index (χ1) is 4.33. The van der Waals surface area contributed by atoms with Crippen molar-refractivity contribution in [3.05, 3.63) is 29.8 Å². The van der Waals surface area contributed by atoms with E-state index in [0.717, 1.165) is 5.69 Å². The maximum absolute atomic E-state index is 3.93. The van der Waals surface area contributed by atoms with Crippen molar-refractivity contribution in [3.8, 4) is 0 Å². The zero-order valence-electron chi connectivity index (χ0n) is 5.33. The molecular weight excluding hydrogens is 129 g/mol. The highest BCUT2D eigenvalue weighted by Crippen LogP contribution is 2.12. The Morgan fingerprint density at radius 3 is 2.22 bits per heavy atom. The van der Waals surface area contributed by atoms with Crippen molar-refractivity contribution >= 4 is 14.7 Å². The van der Waals surface area contributed by atoms with Gasteiger partial charge in [0, 0.05) is 0 Å². The Balaban J connectivity index is 3.01. The van der Waals surface area contributed by atoms with E-state index in [9.17, 15) is 0 Å². The van der Waals surface area contributed by atoms with Crippen LogP contribution in [0.2, 0.25) is 0 Å². The summed E-state index contributed by atoms with van der Waals surface area (Å²) in [5.41, 5.74) is 2.28. The van der Waals surface area contributed by atoms with Crippen LogP contribution in [-0.4, -0.2) is 0 Å². The Bertz CT molecular complexity index is 203. The van der Waals surface area contributed by atoms with Crippen molar-refractivity contribution in [3.63, 3.8) is 0 Å². The highest BCUT2D eigenvalue weighted by atomic mass is 31.0. The molecule has 1 unspecified atom stereocenters. The molecule has 1 aromatic carbocycles. The van der Waals surface area contributed by atoms with Gasteiger partial charge in [0.1, 0.15) is 5.69 Å². The summed E-state index contributed by atoms with van der Waals surface area (Å²) in [6.45, 7) is 2.06. The molecule has 2 heteroatoms. The van der Waals surface area contributed by atoms with E-state index in [1.807, 2.05) is 24.3 Å². The molecule has 0 fully saturated rings. The molecule has 0 aliphatic heterocycles. The van der Waals surface area contributed by atoms with Gasteiger partial charge in [-0.15, -0.1) is 0 Å². The first kappa shape index (κ1) is 6.44. The minimum atomic E-state index is 1.01. The summed E-state index contributed by atoms with van der Waals surface area (Å²) in [5, 5.41) is 0. The maximum Gasteiger partial charge on any atom is 0.177 e. The van der Waals surface area contributed by atoms with Gasteiger partial charge in [0.2, 0.25) is 0 Å². The average Bonchev–Trinajstić information content (AvgIpc) is 1.90. The van der Waals surface area contributed by atoms with Gasteiger partial charge in [-0.3, -0.25) is 0 Å². The second-order valence-corrected chi connectivity index (χ2v) is 2.22. The molecule has 9 heavy (non-hydrogen) atoms. The first-order valence-electron chi connectivity index (χ1n) is 2.80. The quantitative estimate of drug-likeness (QED) is 0.529. The number of nitrogens with zero attached hydrogens (tertiary/aromatic N) is 1. The van der Waals surface area contributed by atoms with E-state index in [1.54, 1.807) is 0 Å². The van der Waals surface area contributed by atoms with Crippen LogP contribution in [-0.2, 0) is 0 Å². The van der Waals surface area contributed by atoms with E-state index in [2.05, 4.69) is 20.7 Å². The van der Waals surface area contributed by atoms with Crippen LogP contribution in [0, 0.1) is 6.92 Å². The predicted octanol–water partition coefficient (Wildman–Crippen LogP) is 2.69. The Morgan fingerprint density at radius 2 is 1.78 bits per heavy atom. The van der Waals surface area contributed by atoms with Crippen LogP contribution in [0.1, 0.15) is 5.56 Å². The molecule has 0 N–H and O–H groups in total. The van der Waals surface area contributed by atoms with Crippen LogP contribution < -0.4 is 0 Å². The standard InChI is InChI=1S/C7H8NP/c1-6-2-4-7(8-9)5-3-6/h2-5,9H,1H3/p+1. The van der Waals surface area contributed by atoms with Crippen LogP contribution >= 0.6 is 9.03 Å². The minimum Gasteiger partial charge on any atom is -0.0784 e. The molecule has 1 atom stereocenters. The highest BCUT2D eigenvalue weighted by Gasteiger charge is 1.86. The molecule has 1 nitrogen and oxygen atoms in total. The van der Waals surface area contributed by atoms with Gasteiger partial charge in [0.25, 0.3) is 0 Å². The largest absolute Gasteiger partial charge is 0.177 e. The van der Waals surface area contributed by atoms with Gasteiger partial charge in [-0.2, -0.15) is 0 Å². The Hall–Kier alpha value is -0.680. The molecule has 46 valence electrons. The van der Waals surface area contributed by atoms with E-state index in [-0.39, 0.29) is 0 Å². The molecule has 0 bridgehead atoms. The second kappa shape index (κ2) is 2.75. The highest BCUT2D eigenvalue weighted by molar-refractivity contribution is 7.04. The van der Waals surface area contributed by atoms with E-state index in [0.29, 0.717) is 0 Å². The van der Waals surface area contributed by atoms with Crippen LogP contribution in [0.25, 0.3) is 0 Å². The Labute approximate surface area is 57.0 Å². The Morgan fingerprint density at radius 1 is 1.22 bits per heavy atom. The maximum atomic E-state index is 3.93. The lowest BCUT2D eigenvalue weighted by Gasteiger charge is -1.88. The van der Waals surface area contributed by atoms with Gasteiger partial charge in [-0.1, -0.05) is 22.4 Å². The fraction of sp³-hybridized carbons (Fsp3) is 0.143.